The van der Waals surface area contributed by atoms with E-state index in [0.29, 0.717) is 13.1 Å². The van der Waals surface area contributed by atoms with Gasteiger partial charge in [0.1, 0.15) is 18.2 Å². The van der Waals surface area contributed by atoms with Crippen LogP contribution in [-0.4, -0.2) is 36.3 Å². The molecular weight excluding hydrogens is 326 g/mol. The summed E-state index contributed by atoms with van der Waals surface area (Å²) in [5.41, 5.74) is 1.53. The highest BCUT2D eigenvalue weighted by Gasteiger charge is 2.29. The molecule has 2 amide bonds. The van der Waals surface area contributed by atoms with Gasteiger partial charge in [0.25, 0.3) is 0 Å². The normalized spacial score (nSPS) is 14.8. The van der Waals surface area contributed by atoms with Gasteiger partial charge in [-0.25, -0.2) is 8.78 Å². The molecular formula is C19H18F2N2O2. The van der Waals surface area contributed by atoms with E-state index in [0.717, 1.165) is 23.4 Å². The Kier molecular flexibility index (Phi) is 4.79. The lowest BCUT2D eigenvalue weighted by atomic mass is 10.1. The number of benzene rings is 2. The number of hydrogen-bond donors (Lipinski definition) is 0. The van der Waals surface area contributed by atoms with Gasteiger partial charge in [-0.2, -0.15) is 0 Å². The molecule has 1 heterocycles. The first kappa shape index (κ1) is 17.1. The minimum atomic E-state index is -0.752. The summed E-state index contributed by atoms with van der Waals surface area (Å²) in [5.74, 6) is -2.17. The van der Waals surface area contributed by atoms with Gasteiger partial charge in [0.05, 0.1) is 6.42 Å². The molecule has 0 unspecified atom stereocenters. The second-order valence-corrected chi connectivity index (χ2v) is 6.02. The monoisotopic (exact) mass is 344 g/mol. The van der Waals surface area contributed by atoms with Crippen molar-refractivity contribution in [2.45, 2.75) is 13.3 Å². The van der Waals surface area contributed by atoms with Gasteiger partial charge in [-0.1, -0.05) is 24.3 Å². The molecule has 0 radical (unpaired) electrons. The van der Waals surface area contributed by atoms with Crippen molar-refractivity contribution in [2.75, 3.05) is 24.5 Å². The molecule has 0 aliphatic carbocycles. The van der Waals surface area contributed by atoms with E-state index in [1.54, 1.807) is 4.90 Å². The van der Waals surface area contributed by atoms with Gasteiger partial charge >= 0.3 is 0 Å². The van der Waals surface area contributed by atoms with Crippen LogP contribution in [0.2, 0.25) is 0 Å². The van der Waals surface area contributed by atoms with Crippen LogP contribution in [0.3, 0.4) is 0 Å². The minimum Gasteiger partial charge on any atom is -0.331 e. The Morgan fingerprint density at radius 1 is 1.04 bits per heavy atom. The van der Waals surface area contributed by atoms with Crippen molar-refractivity contribution in [3.8, 4) is 0 Å². The minimum absolute atomic E-state index is 0.0940. The van der Waals surface area contributed by atoms with Crippen LogP contribution < -0.4 is 4.90 Å². The Morgan fingerprint density at radius 3 is 2.36 bits per heavy atom. The summed E-state index contributed by atoms with van der Waals surface area (Å²) in [6.45, 7) is 2.51. The van der Waals surface area contributed by atoms with Crippen molar-refractivity contribution in [1.82, 2.24) is 4.90 Å². The number of nitrogens with zero attached hydrogens (tertiary/aromatic N) is 2. The number of carbonyl (C=O) groups excluding carboxylic acids is 2. The summed E-state index contributed by atoms with van der Waals surface area (Å²) in [4.78, 5) is 27.8. The van der Waals surface area contributed by atoms with Crippen molar-refractivity contribution in [3.05, 3.63) is 65.2 Å². The molecule has 0 aromatic heterocycles. The molecule has 1 aliphatic rings. The van der Waals surface area contributed by atoms with E-state index in [4.69, 9.17) is 0 Å². The lowest BCUT2D eigenvalue weighted by Gasteiger charge is -2.35. The topological polar surface area (TPSA) is 40.6 Å². The number of hydrogen-bond acceptors (Lipinski definition) is 2. The fourth-order valence-corrected chi connectivity index (χ4v) is 2.97. The highest BCUT2D eigenvalue weighted by Crippen LogP contribution is 2.22. The summed E-state index contributed by atoms with van der Waals surface area (Å²) in [6.07, 6.45) is -0.393. The van der Waals surface area contributed by atoms with E-state index in [9.17, 15) is 18.4 Å². The number of aryl methyl sites for hydroxylation is 1. The van der Waals surface area contributed by atoms with Crippen LogP contribution >= 0.6 is 0 Å². The zero-order valence-electron chi connectivity index (χ0n) is 13.8. The zero-order valence-corrected chi connectivity index (χ0v) is 13.8. The molecule has 1 fully saturated rings. The number of piperazine rings is 1. The van der Waals surface area contributed by atoms with Gasteiger partial charge in [-0.05, 0) is 30.7 Å². The second-order valence-electron chi connectivity index (χ2n) is 6.02. The predicted molar refractivity (Wildman–Crippen MR) is 90.2 cm³/mol. The molecule has 0 N–H and O–H groups in total. The summed E-state index contributed by atoms with van der Waals surface area (Å²) in [7, 11) is 0. The van der Waals surface area contributed by atoms with E-state index in [1.807, 2.05) is 31.2 Å². The van der Waals surface area contributed by atoms with Gasteiger partial charge in [0, 0.05) is 24.3 Å². The standard InChI is InChI=1S/C19H18F2N2O2/c1-13-5-2-3-8-17(13)23-10-9-22(12-19(23)25)18(24)11-14-15(20)6-4-7-16(14)21/h2-8H,9-12H2,1H3. The van der Waals surface area contributed by atoms with Crippen LogP contribution in [0.5, 0.6) is 0 Å². The smallest absolute Gasteiger partial charge is 0.246 e. The second kappa shape index (κ2) is 7.01. The Hall–Kier alpha value is -2.76. The van der Waals surface area contributed by atoms with Crippen LogP contribution in [0.4, 0.5) is 14.5 Å². The lowest BCUT2D eigenvalue weighted by molar-refractivity contribution is -0.136. The van der Waals surface area contributed by atoms with Gasteiger partial charge in [-0.15, -0.1) is 0 Å². The van der Waals surface area contributed by atoms with Gasteiger partial charge in [-0.3, -0.25) is 9.59 Å². The Balaban J connectivity index is 1.70. The van der Waals surface area contributed by atoms with Crippen molar-refractivity contribution < 1.29 is 18.4 Å². The molecule has 4 nitrogen and oxygen atoms in total. The van der Waals surface area contributed by atoms with E-state index >= 15 is 0 Å². The highest BCUT2D eigenvalue weighted by molar-refractivity contribution is 5.98. The Labute approximate surface area is 144 Å². The summed E-state index contributed by atoms with van der Waals surface area (Å²) < 4.78 is 27.4. The van der Waals surface area contributed by atoms with Crippen LogP contribution in [0.25, 0.3) is 0 Å². The number of halogens is 2. The van der Waals surface area contributed by atoms with Crippen molar-refractivity contribution in [2.24, 2.45) is 0 Å². The molecule has 3 rings (SSSR count). The van der Waals surface area contributed by atoms with Crippen molar-refractivity contribution in [1.29, 1.82) is 0 Å². The molecule has 1 aliphatic heterocycles. The molecule has 0 spiro atoms. The first-order valence-electron chi connectivity index (χ1n) is 8.04. The maximum Gasteiger partial charge on any atom is 0.246 e. The largest absolute Gasteiger partial charge is 0.331 e. The number of rotatable bonds is 3. The number of amides is 2. The third kappa shape index (κ3) is 3.52. The summed E-state index contributed by atoms with van der Waals surface area (Å²) >= 11 is 0. The lowest BCUT2D eigenvalue weighted by Crippen LogP contribution is -2.53. The molecule has 1 saturated heterocycles. The van der Waals surface area contributed by atoms with E-state index < -0.39 is 24.0 Å². The van der Waals surface area contributed by atoms with Gasteiger partial charge in [0.15, 0.2) is 0 Å². The average Bonchev–Trinajstić information content (AvgIpc) is 2.59. The zero-order chi connectivity index (χ0) is 18.0. The maximum atomic E-state index is 13.7. The number of carbonyl (C=O) groups is 2. The van der Waals surface area contributed by atoms with Crippen LogP contribution in [0.15, 0.2) is 42.5 Å². The predicted octanol–water partition coefficient (Wildman–Crippen LogP) is 2.69. The number of anilines is 1. The molecule has 0 bridgehead atoms. The SMILES string of the molecule is Cc1ccccc1N1CCN(C(=O)Cc2c(F)cccc2F)CC1=O. The van der Waals surface area contributed by atoms with Gasteiger partial charge in [0.2, 0.25) is 11.8 Å². The maximum absolute atomic E-state index is 13.7. The van der Waals surface area contributed by atoms with Crippen LogP contribution in [0.1, 0.15) is 11.1 Å². The molecule has 6 heteroatoms. The summed E-state index contributed by atoms with van der Waals surface area (Å²) in [5, 5.41) is 0. The first-order chi connectivity index (χ1) is 12.0. The molecule has 0 saturated carbocycles. The Bertz CT molecular complexity index is 803. The van der Waals surface area contributed by atoms with Crippen LogP contribution in [0, 0.1) is 18.6 Å². The van der Waals surface area contributed by atoms with Crippen molar-refractivity contribution in [3.63, 3.8) is 0 Å². The van der Waals surface area contributed by atoms with Gasteiger partial charge < -0.3 is 9.80 Å². The molecule has 2 aromatic rings. The first-order valence-corrected chi connectivity index (χ1v) is 8.04. The van der Waals surface area contributed by atoms with E-state index in [2.05, 4.69) is 0 Å². The average molecular weight is 344 g/mol. The third-order valence-electron chi connectivity index (χ3n) is 4.37. The fourth-order valence-electron chi connectivity index (χ4n) is 2.97. The summed E-state index contributed by atoms with van der Waals surface area (Å²) in [6, 6.07) is 11.0. The van der Waals surface area contributed by atoms with Crippen LogP contribution in [-0.2, 0) is 16.0 Å². The third-order valence-corrected chi connectivity index (χ3v) is 4.37. The quantitative estimate of drug-likeness (QED) is 0.859. The number of para-hydroxylation sites is 1. The Morgan fingerprint density at radius 2 is 1.72 bits per heavy atom. The van der Waals surface area contributed by atoms with E-state index in [-0.39, 0.29) is 18.0 Å². The highest BCUT2D eigenvalue weighted by atomic mass is 19.1. The van der Waals surface area contributed by atoms with E-state index in [1.165, 1.54) is 11.0 Å². The molecule has 2 aromatic carbocycles. The fraction of sp³-hybridized carbons (Fsp3) is 0.263. The molecule has 0 atom stereocenters. The molecule has 130 valence electrons. The van der Waals surface area contributed by atoms with Crippen molar-refractivity contribution >= 4 is 17.5 Å². The molecule has 25 heavy (non-hydrogen) atoms.